The van der Waals surface area contributed by atoms with Crippen LogP contribution >= 0.6 is 15.9 Å². The van der Waals surface area contributed by atoms with E-state index < -0.39 is 0 Å². The smallest absolute Gasteiger partial charge is 0.134 e. The molecule has 2 heteroatoms. The Morgan fingerprint density at radius 3 is 2.08 bits per heavy atom. The highest BCUT2D eigenvalue weighted by atomic mass is 79.9. The van der Waals surface area contributed by atoms with E-state index in [0.29, 0.717) is 6.61 Å². The van der Waals surface area contributed by atoms with Crippen LogP contribution in [0.25, 0.3) is 0 Å². The summed E-state index contributed by atoms with van der Waals surface area (Å²) in [6.45, 7) is 2.76. The fourth-order valence-corrected chi connectivity index (χ4v) is 3.18. The Bertz CT molecular complexity index is 779. The number of rotatable bonds is 6. The van der Waals surface area contributed by atoms with Gasteiger partial charge in [0.25, 0.3) is 0 Å². The molecule has 0 aliphatic carbocycles. The van der Waals surface area contributed by atoms with E-state index in [1.54, 1.807) is 0 Å². The van der Waals surface area contributed by atoms with Crippen LogP contribution in [0.1, 0.15) is 29.2 Å². The molecule has 3 aromatic carbocycles. The van der Waals surface area contributed by atoms with Crippen molar-refractivity contribution in [1.29, 1.82) is 0 Å². The molecule has 0 atom stereocenters. The third kappa shape index (κ3) is 4.48. The van der Waals surface area contributed by atoms with Crippen molar-refractivity contribution in [1.82, 2.24) is 0 Å². The Balaban J connectivity index is 1.65. The summed E-state index contributed by atoms with van der Waals surface area (Å²) in [5, 5.41) is 0. The maximum absolute atomic E-state index is 5.91. The van der Waals surface area contributed by atoms with Gasteiger partial charge in [0.2, 0.25) is 0 Å². The Labute approximate surface area is 152 Å². The maximum atomic E-state index is 5.91. The normalized spacial score (nSPS) is 10.6. The molecule has 24 heavy (non-hydrogen) atoms. The number of hydrogen-bond donors (Lipinski definition) is 0. The van der Waals surface area contributed by atoms with Gasteiger partial charge in [-0.15, -0.1) is 0 Å². The number of ether oxygens (including phenoxy) is 1. The first-order chi connectivity index (χ1) is 11.7. The molecular weight excluding hydrogens is 360 g/mol. The van der Waals surface area contributed by atoms with Crippen molar-refractivity contribution in [2.75, 3.05) is 0 Å². The highest BCUT2D eigenvalue weighted by Crippen LogP contribution is 2.28. The Morgan fingerprint density at radius 2 is 1.42 bits per heavy atom. The molecule has 0 unspecified atom stereocenters. The van der Waals surface area contributed by atoms with Crippen molar-refractivity contribution in [2.45, 2.75) is 26.4 Å². The molecule has 0 spiro atoms. The average Bonchev–Trinajstić information content (AvgIpc) is 2.62. The summed E-state index contributed by atoms with van der Waals surface area (Å²) in [4.78, 5) is 0. The monoisotopic (exact) mass is 380 g/mol. The molecule has 3 rings (SSSR count). The Kier molecular flexibility index (Phi) is 5.71. The summed E-state index contributed by atoms with van der Waals surface area (Å²) in [6.07, 6.45) is 2.01. The summed E-state index contributed by atoms with van der Waals surface area (Å²) in [7, 11) is 0. The first-order valence-corrected chi connectivity index (χ1v) is 9.07. The highest BCUT2D eigenvalue weighted by Gasteiger charge is 2.04. The summed E-state index contributed by atoms with van der Waals surface area (Å²) < 4.78 is 6.91. The molecule has 0 bridgehead atoms. The van der Waals surface area contributed by atoms with Crippen LogP contribution in [-0.2, 0) is 19.4 Å². The Hall–Kier alpha value is -2.06. The van der Waals surface area contributed by atoms with E-state index in [9.17, 15) is 0 Å². The van der Waals surface area contributed by atoms with Gasteiger partial charge in [-0.3, -0.25) is 0 Å². The number of aryl methyl sites for hydroxylation is 1. The second-order valence-corrected chi connectivity index (χ2v) is 6.74. The van der Waals surface area contributed by atoms with Crippen molar-refractivity contribution in [3.05, 3.63) is 99.5 Å². The van der Waals surface area contributed by atoms with Crippen LogP contribution in [0.3, 0.4) is 0 Å². The van der Waals surface area contributed by atoms with Gasteiger partial charge in [-0.05, 0) is 63.2 Å². The van der Waals surface area contributed by atoms with E-state index in [2.05, 4.69) is 71.4 Å². The fraction of sp³-hybridized carbons (Fsp3) is 0.182. The Morgan fingerprint density at radius 1 is 0.750 bits per heavy atom. The standard InChI is InChI=1S/C22H21BrO/c1-2-17-8-10-18(11-9-17)14-20-12-13-22(21(23)15-20)24-16-19-6-4-3-5-7-19/h3-13,15H,2,14,16H2,1H3. The molecule has 0 N–H and O–H groups in total. The summed E-state index contributed by atoms with van der Waals surface area (Å²) >= 11 is 3.63. The number of benzene rings is 3. The minimum absolute atomic E-state index is 0.581. The molecule has 0 heterocycles. The van der Waals surface area contributed by atoms with Crippen molar-refractivity contribution < 1.29 is 4.74 Å². The molecule has 0 saturated carbocycles. The minimum atomic E-state index is 0.581. The molecule has 0 aromatic heterocycles. The van der Waals surface area contributed by atoms with Gasteiger partial charge < -0.3 is 4.74 Å². The molecule has 0 amide bonds. The van der Waals surface area contributed by atoms with Crippen LogP contribution in [0.4, 0.5) is 0 Å². The molecule has 0 saturated heterocycles. The van der Waals surface area contributed by atoms with E-state index in [-0.39, 0.29) is 0 Å². The molecule has 0 radical (unpaired) electrons. The summed E-state index contributed by atoms with van der Waals surface area (Å²) in [6, 6.07) is 25.4. The number of halogens is 1. The predicted octanol–water partition coefficient (Wildman–Crippen LogP) is 6.18. The second-order valence-electron chi connectivity index (χ2n) is 5.89. The van der Waals surface area contributed by atoms with Crippen LogP contribution < -0.4 is 4.74 Å². The van der Waals surface area contributed by atoms with Crippen LogP contribution in [0.2, 0.25) is 0 Å². The van der Waals surface area contributed by atoms with Crippen molar-refractivity contribution in [3.63, 3.8) is 0 Å². The first kappa shape index (κ1) is 16.8. The van der Waals surface area contributed by atoms with Crippen molar-refractivity contribution >= 4 is 15.9 Å². The molecule has 3 aromatic rings. The quantitative estimate of drug-likeness (QED) is 0.495. The van der Waals surface area contributed by atoms with E-state index in [1.807, 2.05) is 24.3 Å². The summed E-state index contributed by atoms with van der Waals surface area (Å²) in [5.41, 5.74) is 5.16. The van der Waals surface area contributed by atoms with E-state index in [0.717, 1.165) is 23.1 Å². The average molecular weight is 381 g/mol. The van der Waals surface area contributed by atoms with Gasteiger partial charge in [-0.25, -0.2) is 0 Å². The largest absolute Gasteiger partial charge is 0.488 e. The first-order valence-electron chi connectivity index (χ1n) is 8.27. The number of hydrogen-bond acceptors (Lipinski definition) is 1. The van der Waals surface area contributed by atoms with Gasteiger partial charge in [0, 0.05) is 0 Å². The molecule has 0 aliphatic rings. The second kappa shape index (κ2) is 8.16. The molecule has 122 valence electrons. The summed E-state index contributed by atoms with van der Waals surface area (Å²) in [5.74, 6) is 0.879. The van der Waals surface area contributed by atoms with Gasteiger partial charge >= 0.3 is 0 Å². The molecule has 1 nitrogen and oxygen atoms in total. The zero-order chi connectivity index (χ0) is 16.8. The van der Waals surface area contributed by atoms with Gasteiger partial charge in [0.15, 0.2) is 0 Å². The van der Waals surface area contributed by atoms with Crippen LogP contribution in [0.5, 0.6) is 5.75 Å². The lowest BCUT2D eigenvalue weighted by Crippen LogP contribution is -1.96. The fourth-order valence-electron chi connectivity index (χ4n) is 2.64. The maximum Gasteiger partial charge on any atom is 0.134 e. The van der Waals surface area contributed by atoms with Crippen LogP contribution in [0, 0.1) is 0 Å². The van der Waals surface area contributed by atoms with Gasteiger partial charge in [-0.1, -0.05) is 67.6 Å². The lowest BCUT2D eigenvalue weighted by atomic mass is 10.0. The zero-order valence-electron chi connectivity index (χ0n) is 13.8. The lowest BCUT2D eigenvalue weighted by Gasteiger charge is -2.10. The minimum Gasteiger partial charge on any atom is -0.488 e. The third-order valence-electron chi connectivity index (χ3n) is 4.07. The molecular formula is C22H21BrO. The zero-order valence-corrected chi connectivity index (χ0v) is 15.4. The van der Waals surface area contributed by atoms with Gasteiger partial charge in [0.1, 0.15) is 12.4 Å². The van der Waals surface area contributed by atoms with Crippen molar-refractivity contribution in [2.24, 2.45) is 0 Å². The SMILES string of the molecule is CCc1ccc(Cc2ccc(OCc3ccccc3)c(Br)c2)cc1. The van der Waals surface area contributed by atoms with Gasteiger partial charge in [0.05, 0.1) is 4.47 Å². The van der Waals surface area contributed by atoms with Gasteiger partial charge in [-0.2, -0.15) is 0 Å². The topological polar surface area (TPSA) is 9.23 Å². The van der Waals surface area contributed by atoms with Crippen molar-refractivity contribution in [3.8, 4) is 5.75 Å². The third-order valence-corrected chi connectivity index (χ3v) is 4.69. The predicted molar refractivity (Wildman–Crippen MR) is 104 cm³/mol. The lowest BCUT2D eigenvalue weighted by molar-refractivity contribution is 0.304. The van der Waals surface area contributed by atoms with Crippen LogP contribution in [0.15, 0.2) is 77.3 Å². The highest BCUT2D eigenvalue weighted by molar-refractivity contribution is 9.10. The van der Waals surface area contributed by atoms with E-state index >= 15 is 0 Å². The van der Waals surface area contributed by atoms with E-state index in [1.165, 1.54) is 22.3 Å². The molecule has 0 fully saturated rings. The van der Waals surface area contributed by atoms with Crippen LogP contribution in [-0.4, -0.2) is 0 Å². The van der Waals surface area contributed by atoms with E-state index in [4.69, 9.17) is 4.74 Å². The molecule has 0 aliphatic heterocycles.